The lowest BCUT2D eigenvalue weighted by Gasteiger charge is -2.22. The van der Waals surface area contributed by atoms with Crippen molar-refractivity contribution in [1.82, 2.24) is 15.6 Å². The largest absolute Gasteiger partial charge is 0.481 e. The highest BCUT2D eigenvalue weighted by Gasteiger charge is 2.14. The number of hydrogen-bond donors (Lipinski definition) is 2. The number of benzene rings is 1. The van der Waals surface area contributed by atoms with Crippen LogP contribution >= 0.6 is 24.0 Å². The summed E-state index contributed by atoms with van der Waals surface area (Å²) in [5.74, 6) is 1.41. The second-order valence-corrected chi connectivity index (χ2v) is 7.06. The van der Waals surface area contributed by atoms with Crippen LogP contribution in [0.3, 0.4) is 0 Å². The Hall–Kier alpha value is -2.03. The van der Waals surface area contributed by atoms with Crippen LogP contribution in [0.15, 0.2) is 47.6 Å². The molecule has 0 aliphatic carbocycles. The predicted octanol–water partition coefficient (Wildman–Crippen LogP) is 4.12. The maximum absolute atomic E-state index is 5.19. The van der Waals surface area contributed by atoms with Crippen molar-refractivity contribution < 1.29 is 4.74 Å². The fourth-order valence-corrected chi connectivity index (χ4v) is 3.41. The minimum Gasteiger partial charge on any atom is -0.481 e. The van der Waals surface area contributed by atoms with Gasteiger partial charge < -0.3 is 20.3 Å². The third-order valence-electron chi connectivity index (χ3n) is 4.97. The van der Waals surface area contributed by atoms with Gasteiger partial charge in [0.25, 0.3) is 0 Å². The molecule has 1 aliphatic heterocycles. The molecule has 2 heterocycles. The molecule has 1 aromatic carbocycles. The zero-order valence-electron chi connectivity index (χ0n) is 17.5. The Kier molecular flexibility index (Phi) is 9.50. The number of ether oxygens (including phenoxy) is 1. The number of anilines is 1. The maximum atomic E-state index is 5.19. The van der Waals surface area contributed by atoms with E-state index in [9.17, 15) is 0 Å². The van der Waals surface area contributed by atoms with Crippen molar-refractivity contribution in [1.29, 1.82) is 0 Å². The molecule has 0 bridgehead atoms. The SMILES string of the molecule is CCNC(=NCc1ccnc(OC)c1)NC(C)c1cccc(N2CCCC2)c1.I. The van der Waals surface area contributed by atoms with E-state index < -0.39 is 0 Å². The molecule has 1 atom stereocenters. The molecule has 1 aromatic heterocycles. The molecule has 0 amide bonds. The highest BCUT2D eigenvalue weighted by Crippen LogP contribution is 2.24. The van der Waals surface area contributed by atoms with Gasteiger partial charge in [-0.05, 0) is 56.0 Å². The summed E-state index contributed by atoms with van der Waals surface area (Å²) in [6.07, 6.45) is 4.32. The average molecular weight is 509 g/mol. The number of pyridine rings is 1. The van der Waals surface area contributed by atoms with Crippen LogP contribution in [0.5, 0.6) is 5.88 Å². The number of aromatic nitrogens is 1. The van der Waals surface area contributed by atoms with Gasteiger partial charge in [-0.1, -0.05) is 12.1 Å². The first-order chi connectivity index (χ1) is 13.7. The van der Waals surface area contributed by atoms with E-state index in [4.69, 9.17) is 9.73 Å². The molecule has 3 rings (SSSR count). The van der Waals surface area contributed by atoms with E-state index >= 15 is 0 Å². The van der Waals surface area contributed by atoms with Crippen molar-refractivity contribution in [2.24, 2.45) is 4.99 Å². The van der Waals surface area contributed by atoms with Gasteiger partial charge in [0.2, 0.25) is 5.88 Å². The quantitative estimate of drug-likeness (QED) is 0.334. The Bertz CT molecular complexity index is 792. The smallest absolute Gasteiger partial charge is 0.213 e. The molecular weight excluding hydrogens is 477 g/mol. The van der Waals surface area contributed by atoms with Crippen LogP contribution in [-0.4, -0.2) is 37.7 Å². The Balaban J connectivity index is 0.00000300. The number of halogens is 1. The van der Waals surface area contributed by atoms with Crippen LogP contribution in [-0.2, 0) is 6.54 Å². The zero-order chi connectivity index (χ0) is 19.8. The molecule has 1 saturated heterocycles. The van der Waals surface area contributed by atoms with Crippen molar-refractivity contribution in [3.8, 4) is 5.88 Å². The minimum absolute atomic E-state index is 0. The molecule has 7 heteroatoms. The number of hydrogen-bond acceptors (Lipinski definition) is 4. The molecule has 1 aliphatic rings. The van der Waals surface area contributed by atoms with E-state index in [1.54, 1.807) is 13.3 Å². The molecule has 2 aromatic rings. The fourth-order valence-electron chi connectivity index (χ4n) is 3.41. The summed E-state index contributed by atoms with van der Waals surface area (Å²) in [6, 6.07) is 12.8. The molecule has 0 spiro atoms. The number of aliphatic imine (C=N–C) groups is 1. The lowest BCUT2D eigenvalue weighted by molar-refractivity contribution is 0.397. The van der Waals surface area contributed by atoms with Gasteiger partial charge in [0.15, 0.2) is 5.96 Å². The number of rotatable bonds is 7. The van der Waals surface area contributed by atoms with E-state index in [2.05, 4.69) is 58.6 Å². The maximum Gasteiger partial charge on any atom is 0.213 e. The van der Waals surface area contributed by atoms with E-state index in [0.717, 1.165) is 31.2 Å². The lowest BCUT2D eigenvalue weighted by atomic mass is 10.1. The van der Waals surface area contributed by atoms with Crippen molar-refractivity contribution in [2.75, 3.05) is 31.6 Å². The predicted molar refractivity (Wildman–Crippen MR) is 130 cm³/mol. The van der Waals surface area contributed by atoms with Crippen molar-refractivity contribution >= 4 is 35.6 Å². The molecule has 1 unspecified atom stereocenters. The van der Waals surface area contributed by atoms with Gasteiger partial charge in [0.05, 0.1) is 19.7 Å². The molecule has 2 N–H and O–H groups in total. The molecule has 29 heavy (non-hydrogen) atoms. The number of nitrogens with one attached hydrogen (secondary N) is 2. The molecule has 0 saturated carbocycles. The van der Waals surface area contributed by atoms with Gasteiger partial charge >= 0.3 is 0 Å². The summed E-state index contributed by atoms with van der Waals surface area (Å²) in [4.78, 5) is 11.3. The van der Waals surface area contributed by atoms with Crippen molar-refractivity contribution in [2.45, 2.75) is 39.3 Å². The first kappa shape index (κ1) is 23.3. The number of guanidine groups is 1. The highest BCUT2D eigenvalue weighted by molar-refractivity contribution is 14.0. The van der Waals surface area contributed by atoms with Crippen LogP contribution in [0.25, 0.3) is 0 Å². The van der Waals surface area contributed by atoms with E-state index in [1.807, 2.05) is 12.1 Å². The Labute approximate surface area is 191 Å². The topological polar surface area (TPSA) is 61.8 Å². The van der Waals surface area contributed by atoms with Crippen molar-refractivity contribution in [3.05, 3.63) is 53.7 Å². The highest BCUT2D eigenvalue weighted by atomic mass is 127. The minimum atomic E-state index is 0. The first-order valence-corrected chi connectivity index (χ1v) is 10.1. The average Bonchev–Trinajstić information content (AvgIpc) is 3.27. The fraction of sp³-hybridized carbons (Fsp3) is 0.455. The van der Waals surface area contributed by atoms with Crippen LogP contribution < -0.4 is 20.3 Å². The third-order valence-corrected chi connectivity index (χ3v) is 4.97. The van der Waals surface area contributed by atoms with Gasteiger partial charge in [0, 0.05) is 37.6 Å². The number of methoxy groups -OCH3 is 1. The summed E-state index contributed by atoms with van der Waals surface area (Å²) >= 11 is 0. The summed E-state index contributed by atoms with van der Waals surface area (Å²) in [5, 5.41) is 6.86. The van der Waals surface area contributed by atoms with Gasteiger partial charge in [-0.15, -0.1) is 24.0 Å². The molecule has 6 nitrogen and oxygen atoms in total. The first-order valence-electron chi connectivity index (χ1n) is 10.1. The molecule has 1 fully saturated rings. The van der Waals surface area contributed by atoms with Gasteiger partial charge in [-0.2, -0.15) is 0 Å². The Morgan fingerprint density at radius 2 is 2.03 bits per heavy atom. The molecule has 0 radical (unpaired) electrons. The third kappa shape index (κ3) is 6.76. The Morgan fingerprint density at radius 1 is 1.24 bits per heavy atom. The van der Waals surface area contributed by atoms with Crippen LogP contribution in [0.2, 0.25) is 0 Å². The van der Waals surface area contributed by atoms with E-state index in [1.165, 1.54) is 24.1 Å². The Morgan fingerprint density at radius 3 is 2.76 bits per heavy atom. The van der Waals surface area contributed by atoms with Crippen LogP contribution in [0.4, 0.5) is 5.69 Å². The van der Waals surface area contributed by atoms with E-state index in [-0.39, 0.29) is 30.0 Å². The monoisotopic (exact) mass is 509 g/mol. The lowest BCUT2D eigenvalue weighted by Crippen LogP contribution is -2.38. The van der Waals surface area contributed by atoms with Gasteiger partial charge in [-0.25, -0.2) is 9.98 Å². The van der Waals surface area contributed by atoms with Crippen LogP contribution in [0, 0.1) is 0 Å². The second-order valence-electron chi connectivity index (χ2n) is 7.06. The molecule has 158 valence electrons. The standard InChI is InChI=1S/C22H31N5O.HI/c1-4-23-22(25-16-18-10-11-24-21(14-18)28-3)26-17(2)19-8-7-9-20(15-19)27-12-5-6-13-27;/h7-11,14-15,17H,4-6,12-13,16H2,1-3H3,(H2,23,25,26);1H. The number of nitrogens with zero attached hydrogens (tertiary/aromatic N) is 3. The molecular formula is C22H32IN5O. The van der Waals surface area contributed by atoms with Gasteiger partial charge in [-0.3, -0.25) is 0 Å². The summed E-state index contributed by atoms with van der Waals surface area (Å²) in [6.45, 7) is 7.94. The van der Waals surface area contributed by atoms with Gasteiger partial charge in [0.1, 0.15) is 0 Å². The van der Waals surface area contributed by atoms with E-state index in [0.29, 0.717) is 12.4 Å². The normalized spacial score (nSPS) is 14.9. The summed E-state index contributed by atoms with van der Waals surface area (Å²) in [5.41, 5.74) is 3.64. The van der Waals surface area contributed by atoms with Crippen LogP contribution in [0.1, 0.15) is 43.9 Å². The second kappa shape index (κ2) is 11.8. The zero-order valence-corrected chi connectivity index (χ0v) is 19.8. The summed E-state index contributed by atoms with van der Waals surface area (Å²) in [7, 11) is 1.62. The van der Waals surface area contributed by atoms with Crippen molar-refractivity contribution in [3.63, 3.8) is 0 Å². The summed E-state index contributed by atoms with van der Waals surface area (Å²) < 4.78 is 5.19.